The molecule has 2 heterocycles. The Hall–Kier alpha value is -1.10. The molecule has 1 aromatic rings. The summed E-state index contributed by atoms with van der Waals surface area (Å²) in [5, 5.41) is 3.94. The molecule has 2 aliphatic heterocycles. The molecule has 4 rings (SSSR count). The first-order chi connectivity index (χ1) is 12.7. The number of hydrogen-bond donors (Lipinski definition) is 1. The van der Waals surface area contributed by atoms with Crippen LogP contribution in [0.2, 0.25) is 5.02 Å². The zero-order chi connectivity index (χ0) is 18.0. The smallest absolute Gasteiger partial charge is 0.230 e. The predicted octanol–water partition coefficient (Wildman–Crippen LogP) is 3.52. The maximum atomic E-state index is 13.2. The molecule has 1 aromatic carbocycles. The number of ether oxygens (including phenoxy) is 1. The van der Waals surface area contributed by atoms with Crippen LogP contribution < -0.4 is 5.32 Å². The van der Waals surface area contributed by atoms with Gasteiger partial charge in [-0.1, -0.05) is 43.0 Å². The summed E-state index contributed by atoms with van der Waals surface area (Å²) in [5.41, 5.74) is 0.699. The van der Waals surface area contributed by atoms with Crippen LogP contribution in [0.3, 0.4) is 0 Å². The maximum absolute atomic E-state index is 13.2. The van der Waals surface area contributed by atoms with E-state index in [4.69, 9.17) is 16.3 Å². The highest BCUT2D eigenvalue weighted by Crippen LogP contribution is 2.41. The van der Waals surface area contributed by atoms with Gasteiger partial charge in [0.05, 0.1) is 18.1 Å². The molecule has 0 aromatic heterocycles. The van der Waals surface area contributed by atoms with Crippen LogP contribution >= 0.6 is 11.6 Å². The highest BCUT2D eigenvalue weighted by Gasteiger charge is 2.43. The first-order valence-electron chi connectivity index (χ1n) is 10.1. The number of morpholine rings is 1. The SMILES string of the molecule is O=C(NC[C@@H]1CN2CCCC[C@H]2CO1)C1(c2ccc(Cl)cc2)CCCC1. The molecule has 26 heavy (non-hydrogen) atoms. The highest BCUT2D eigenvalue weighted by atomic mass is 35.5. The maximum Gasteiger partial charge on any atom is 0.230 e. The van der Waals surface area contributed by atoms with Crippen molar-refractivity contribution in [2.45, 2.75) is 62.5 Å². The van der Waals surface area contributed by atoms with E-state index in [0.717, 1.165) is 44.4 Å². The zero-order valence-electron chi connectivity index (χ0n) is 15.4. The van der Waals surface area contributed by atoms with Crippen LogP contribution in [-0.4, -0.2) is 49.2 Å². The Balaban J connectivity index is 1.39. The summed E-state index contributed by atoms with van der Waals surface area (Å²) in [6.45, 7) is 3.53. The summed E-state index contributed by atoms with van der Waals surface area (Å²) in [4.78, 5) is 15.7. The van der Waals surface area contributed by atoms with Gasteiger partial charge in [-0.15, -0.1) is 0 Å². The number of fused-ring (bicyclic) bond motifs is 1. The largest absolute Gasteiger partial charge is 0.373 e. The molecular formula is C21H29ClN2O2. The average Bonchev–Trinajstić information content (AvgIpc) is 3.17. The van der Waals surface area contributed by atoms with E-state index in [0.29, 0.717) is 17.6 Å². The van der Waals surface area contributed by atoms with Crippen molar-refractivity contribution in [2.75, 3.05) is 26.2 Å². The molecule has 2 atom stereocenters. The fourth-order valence-corrected chi connectivity index (χ4v) is 5.07. The van der Waals surface area contributed by atoms with Gasteiger partial charge in [0.25, 0.3) is 0 Å². The standard InChI is InChI=1S/C21H29ClN2O2/c22-17-8-6-16(7-9-17)21(10-2-3-11-21)20(25)23-13-19-14-24-12-4-1-5-18(24)15-26-19/h6-9,18-19H,1-5,10-15H2,(H,23,25)/t18-,19+/m0/s1. The highest BCUT2D eigenvalue weighted by molar-refractivity contribution is 6.30. The molecule has 3 aliphatic rings. The fourth-order valence-electron chi connectivity index (χ4n) is 4.94. The molecule has 4 nitrogen and oxygen atoms in total. The van der Waals surface area contributed by atoms with Gasteiger partial charge in [-0.3, -0.25) is 9.69 Å². The zero-order valence-corrected chi connectivity index (χ0v) is 16.1. The van der Waals surface area contributed by atoms with Crippen LogP contribution in [0.1, 0.15) is 50.5 Å². The Labute approximate surface area is 161 Å². The van der Waals surface area contributed by atoms with Crippen molar-refractivity contribution in [3.8, 4) is 0 Å². The van der Waals surface area contributed by atoms with Crippen molar-refractivity contribution in [1.29, 1.82) is 0 Å². The number of nitrogens with one attached hydrogen (secondary N) is 1. The monoisotopic (exact) mass is 376 g/mol. The van der Waals surface area contributed by atoms with Crippen molar-refractivity contribution in [3.05, 3.63) is 34.9 Å². The van der Waals surface area contributed by atoms with Crippen LogP contribution in [0.15, 0.2) is 24.3 Å². The topological polar surface area (TPSA) is 41.6 Å². The van der Waals surface area contributed by atoms with E-state index in [1.54, 1.807) is 0 Å². The molecule has 0 radical (unpaired) electrons. The summed E-state index contributed by atoms with van der Waals surface area (Å²) in [7, 11) is 0. The Kier molecular flexibility index (Phi) is 5.53. The third-order valence-electron chi connectivity index (χ3n) is 6.49. The molecule has 1 N–H and O–H groups in total. The minimum Gasteiger partial charge on any atom is -0.373 e. The number of carbonyl (C=O) groups is 1. The molecule has 0 bridgehead atoms. The van der Waals surface area contributed by atoms with Crippen molar-refractivity contribution in [3.63, 3.8) is 0 Å². The first kappa shape index (κ1) is 18.3. The van der Waals surface area contributed by atoms with E-state index >= 15 is 0 Å². The lowest BCUT2D eigenvalue weighted by Crippen LogP contribution is -2.55. The number of hydrogen-bond acceptors (Lipinski definition) is 3. The molecular weight excluding hydrogens is 348 g/mol. The summed E-state index contributed by atoms with van der Waals surface area (Å²) in [6.07, 6.45) is 8.00. The fraction of sp³-hybridized carbons (Fsp3) is 0.667. The number of nitrogens with zero attached hydrogens (tertiary/aromatic N) is 1. The van der Waals surface area contributed by atoms with E-state index in [-0.39, 0.29) is 12.0 Å². The Morgan fingerprint density at radius 1 is 1.19 bits per heavy atom. The van der Waals surface area contributed by atoms with Crippen molar-refractivity contribution in [1.82, 2.24) is 10.2 Å². The van der Waals surface area contributed by atoms with Crippen LogP contribution in [0.5, 0.6) is 0 Å². The molecule has 1 amide bonds. The van der Waals surface area contributed by atoms with Gasteiger partial charge in [-0.25, -0.2) is 0 Å². The van der Waals surface area contributed by atoms with Crippen molar-refractivity contribution < 1.29 is 9.53 Å². The Morgan fingerprint density at radius 3 is 2.73 bits per heavy atom. The number of halogens is 1. The van der Waals surface area contributed by atoms with Gasteiger partial charge in [0.15, 0.2) is 0 Å². The van der Waals surface area contributed by atoms with Crippen molar-refractivity contribution in [2.24, 2.45) is 0 Å². The molecule has 5 heteroatoms. The quantitative estimate of drug-likeness (QED) is 0.874. The van der Waals surface area contributed by atoms with Crippen LogP contribution in [0.4, 0.5) is 0 Å². The summed E-state index contributed by atoms with van der Waals surface area (Å²) < 4.78 is 6.04. The van der Waals surface area contributed by atoms with Gasteiger partial charge in [-0.2, -0.15) is 0 Å². The third-order valence-corrected chi connectivity index (χ3v) is 6.74. The Bertz CT molecular complexity index is 627. The van der Waals surface area contributed by atoms with Gasteiger partial charge in [0.2, 0.25) is 5.91 Å². The molecule has 142 valence electrons. The lowest BCUT2D eigenvalue weighted by molar-refractivity contribution is -0.128. The summed E-state index contributed by atoms with van der Waals surface area (Å²) in [6, 6.07) is 8.41. The summed E-state index contributed by atoms with van der Waals surface area (Å²) >= 11 is 6.04. The minimum atomic E-state index is -0.396. The average molecular weight is 377 g/mol. The summed E-state index contributed by atoms with van der Waals surface area (Å²) in [5.74, 6) is 0.154. The van der Waals surface area contributed by atoms with E-state index < -0.39 is 5.41 Å². The third kappa shape index (κ3) is 3.64. The molecule has 0 spiro atoms. The number of amides is 1. The number of piperidine rings is 1. The van der Waals surface area contributed by atoms with Gasteiger partial charge in [-0.05, 0) is 49.9 Å². The molecule has 3 fully saturated rings. The van der Waals surface area contributed by atoms with Crippen LogP contribution in [0.25, 0.3) is 0 Å². The van der Waals surface area contributed by atoms with Crippen LogP contribution in [-0.2, 0) is 14.9 Å². The lowest BCUT2D eigenvalue weighted by Gasteiger charge is -2.42. The lowest BCUT2D eigenvalue weighted by atomic mass is 9.78. The van der Waals surface area contributed by atoms with Gasteiger partial charge in [0.1, 0.15) is 0 Å². The second kappa shape index (κ2) is 7.87. The second-order valence-corrected chi connectivity index (χ2v) is 8.54. The molecule has 1 aliphatic carbocycles. The van der Waals surface area contributed by atoms with Gasteiger partial charge < -0.3 is 10.1 Å². The van der Waals surface area contributed by atoms with E-state index in [1.807, 2.05) is 24.3 Å². The minimum absolute atomic E-state index is 0.108. The van der Waals surface area contributed by atoms with Gasteiger partial charge in [0, 0.05) is 24.2 Å². The molecule has 2 saturated heterocycles. The van der Waals surface area contributed by atoms with E-state index in [1.165, 1.54) is 25.8 Å². The van der Waals surface area contributed by atoms with E-state index in [2.05, 4.69) is 10.2 Å². The number of benzene rings is 1. The number of rotatable bonds is 4. The Morgan fingerprint density at radius 2 is 1.96 bits per heavy atom. The second-order valence-electron chi connectivity index (χ2n) is 8.11. The predicted molar refractivity (Wildman–Crippen MR) is 104 cm³/mol. The first-order valence-corrected chi connectivity index (χ1v) is 10.5. The molecule has 0 unspecified atom stereocenters. The van der Waals surface area contributed by atoms with E-state index in [9.17, 15) is 4.79 Å². The number of carbonyl (C=O) groups excluding carboxylic acids is 1. The van der Waals surface area contributed by atoms with Gasteiger partial charge >= 0.3 is 0 Å². The molecule has 1 saturated carbocycles. The van der Waals surface area contributed by atoms with Crippen molar-refractivity contribution >= 4 is 17.5 Å². The van der Waals surface area contributed by atoms with Crippen LogP contribution in [0, 0.1) is 0 Å². The normalized spacial score (nSPS) is 28.5.